The number of pyridine rings is 1. The topological polar surface area (TPSA) is 77.7 Å². The molecule has 0 unspecified atom stereocenters. The summed E-state index contributed by atoms with van der Waals surface area (Å²) in [7, 11) is 0. The van der Waals surface area contributed by atoms with Gasteiger partial charge in [-0.15, -0.1) is 0 Å². The van der Waals surface area contributed by atoms with E-state index in [9.17, 15) is 18.4 Å². The predicted molar refractivity (Wildman–Crippen MR) is 118 cm³/mol. The van der Waals surface area contributed by atoms with Crippen molar-refractivity contribution >= 4 is 22.5 Å². The molecule has 2 aliphatic rings. The fraction of sp³-hybridized carbons (Fsp3) is 0.417. The van der Waals surface area contributed by atoms with Gasteiger partial charge in [-0.3, -0.25) is 0 Å². The lowest BCUT2D eigenvalue weighted by Gasteiger charge is -2.30. The van der Waals surface area contributed by atoms with E-state index in [1.807, 2.05) is 6.07 Å². The second kappa shape index (κ2) is 8.18. The molecule has 9 heteroatoms. The van der Waals surface area contributed by atoms with Crippen molar-refractivity contribution in [3.05, 3.63) is 53.2 Å². The van der Waals surface area contributed by atoms with Crippen LogP contribution in [0.4, 0.5) is 24.8 Å². The van der Waals surface area contributed by atoms with E-state index in [1.54, 1.807) is 20.0 Å². The van der Waals surface area contributed by atoms with Gasteiger partial charge in [0.1, 0.15) is 23.3 Å². The average molecular weight is 452 g/mol. The second-order valence-corrected chi connectivity index (χ2v) is 8.87. The van der Waals surface area contributed by atoms with Crippen molar-refractivity contribution in [2.45, 2.75) is 45.2 Å². The van der Waals surface area contributed by atoms with E-state index in [-0.39, 0.29) is 17.5 Å². The molecule has 1 aromatic carbocycles. The molecule has 6 nitrogen and oxygen atoms in total. The number of halogens is 3. The minimum atomic E-state index is -2.88. The molecule has 0 amide bonds. The number of piperidine rings is 1. The van der Waals surface area contributed by atoms with Crippen LogP contribution in [0.2, 0.25) is 0 Å². The summed E-state index contributed by atoms with van der Waals surface area (Å²) in [4.78, 5) is 15.8. The minimum absolute atomic E-state index is 0.106. The SMILES string of the molecule is Cc1nc(N[C@H](C)c2cccc(C(F)F)c2F)c2cc(N3C[C@H]4C[C@@H]3C[C@H]4C#N)ncc2n1. The summed E-state index contributed by atoms with van der Waals surface area (Å²) in [5.41, 5.74) is 0.170. The molecule has 5 rings (SSSR count). The van der Waals surface area contributed by atoms with Crippen molar-refractivity contribution < 1.29 is 13.2 Å². The standard InChI is InChI=1S/C24H23F3N6/c1-12(17-4-3-5-18(22(17)25)23(26)27)30-24-19-8-21(29-10-20(19)31-13(2)32-24)33-11-15-7-16(33)6-14(15)9-28/h3-5,8,10,12,14-16,23H,6-7,11H2,1-2H3,(H,30,31,32)/t12-,14+,15-,16+/m1/s1. The smallest absolute Gasteiger partial charge is 0.266 e. The summed E-state index contributed by atoms with van der Waals surface area (Å²) in [5.74, 6) is 1.36. The largest absolute Gasteiger partial charge is 0.363 e. The van der Waals surface area contributed by atoms with Crippen molar-refractivity contribution in [2.75, 3.05) is 16.8 Å². The van der Waals surface area contributed by atoms with E-state index in [2.05, 4.69) is 31.2 Å². The summed E-state index contributed by atoms with van der Waals surface area (Å²) in [5, 5.41) is 13.2. The van der Waals surface area contributed by atoms with Crippen LogP contribution >= 0.6 is 0 Å². The first-order chi connectivity index (χ1) is 15.9. The van der Waals surface area contributed by atoms with Crippen molar-refractivity contribution in [3.8, 4) is 6.07 Å². The molecule has 2 bridgehead atoms. The predicted octanol–water partition coefficient (Wildman–Crippen LogP) is 5.32. The van der Waals surface area contributed by atoms with Crippen LogP contribution in [0.3, 0.4) is 0 Å². The first-order valence-electron chi connectivity index (χ1n) is 11.0. The Morgan fingerprint density at radius 3 is 2.70 bits per heavy atom. The Kier molecular flexibility index (Phi) is 5.31. The van der Waals surface area contributed by atoms with Gasteiger partial charge in [0.05, 0.1) is 35.3 Å². The third-order valence-corrected chi connectivity index (χ3v) is 6.79. The minimum Gasteiger partial charge on any atom is -0.363 e. The van der Waals surface area contributed by atoms with Gasteiger partial charge in [0.25, 0.3) is 6.43 Å². The number of aromatic nitrogens is 3. The zero-order valence-corrected chi connectivity index (χ0v) is 18.3. The van der Waals surface area contributed by atoms with Crippen LogP contribution < -0.4 is 10.2 Å². The van der Waals surface area contributed by atoms with Crippen LogP contribution in [0.15, 0.2) is 30.5 Å². The summed E-state index contributed by atoms with van der Waals surface area (Å²) in [6, 6.07) is 8.04. The molecule has 4 atom stereocenters. The molecule has 170 valence electrons. The van der Waals surface area contributed by atoms with Gasteiger partial charge in [-0.1, -0.05) is 18.2 Å². The van der Waals surface area contributed by atoms with E-state index < -0.39 is 23.8 Å². The lowest BCUT2D eigenvalue weighted by Crippen LogP contribution is -2.35. The molecule has 2 fully saturated rings. The quantitative estimate of drug-likeness (QED) is 0.565. The van der Waals surface area contributed by atoms with Gasteiger partial charge in [-0.2, -0.15) is 5.26 Å². The molecule has 3 heterocycles. The van der Waals surface area contributed by atoms with E-state index in [0.717, 1.165) is 36.7 Å². The number of nitrogens with zero attached hydrogens (tertiary/aromatic N) is 5. The van der Waals surface area contributed by atoms with Crippen LogP contribution in [-0.2, 0) is 0 Å². The fourth-order valence-electron chi connectivity index (χ4n) is 5.15. The van der Waals surface area contributed by atoms with Gasteiger partial charge >= 0.3 is 0 Å². The fourth-order valence-corrected chi connectivity index (χ4v) is 5.15. The first-order valence-corrected chi connectivity index (χ1v) is 11.0. The van der Waals surface area contributed by atoms with Crippen LogP contribution in [0, 0.1) is 35.9 Å². The molecule has 1 N–H and O–H groups in total. The molecule has 33 heavy (non-hydrogen) atoms. The molecule has 1 aliphatic carbocycles. The maximum absolute atomic E-state index is 14.7. The number of benzene rings is 1. The number of fused-ring (bicyclic) bond motifs is 3. The average Bonchev–Trinajstić information content (AvgIpc) is 3.39. The van der Waals surface area contributed by atoms with Crippen LogP contribution in [0.25, 0.3) is 10.9 Å². The molecule has 2 aromatic heterocycles. The van der Waals surface area contributed by atoms with Gasteiger partial charge in [0, 0.05) is 23.5 Å². The maximum atomic E-state index is 14.7. The van der Waals surface area contributed by atoms with E-state index in [0.29, 0.717) is 23.1 Å². The van der Waals surface area contributed by atoms with Gasteiger partial charge in [-0.25, -0.2) is 28.1 Å². The Balaban J connectivity index is 1.48. The monoisotopic (exact) mass is 452 g/mol. The highest BCUT2D eigenvalue weighted by molar-refractivity contribution is 5.90. The van der Waals surface area contributed by atoms with Crippen molar-refractivity contribution in [1.82, 2.24) is 15.0 Å². The van der Waals surface area contributed by atoms with Crippen LogP contribution in [-0.4, -0.2) is 27.5 Å². The molecular formula is C24H23F3N6. The lowest BCUT2D eigenvalue weighted by molar-refractivity contribution is 0.146. The Hall–Kier alpha value is -3.41. The molecule has 1 aliphatic heterocycles. The molecule has 3 aromatic rings. The van der Waals surface area contributed by atoms with Crippen LogP contribution in [0.1, 0.15) is 49.2 Å². The zero-order valence-electron chi connectivity index (χ0n) is 18.3. The van der Waals surface area contributed by atoms with Gasteiger partial charge in [-0.05, 0) is 38.7 Å². The van der Waals surface area contributed by atoms with E-state index in [4.69, 9.17) is 0 Å². The summed E-state index contributed by atoms with van der Waals surface area (Å²) < 4.78 is 41.0. The Morgan fingerprint density at radius 1 is 1.21 bits per heavy atom. The summed E-state index contributed by atoms with van der Waals surface area (Å²) in [6.45, 7) is 4.25. The Bertz CT molecular complexity index is 1260. The van der Waals surface area contributed by atoms with Gasteiger partial charge < -0.3 is 10.2 Å². The normalized spacial score (nSPS) is 22.7. The highest BCUT2D eigenvalue weighted by atomic mass is 19.3. The Labute approximate surface area is 189 Å². The van der Waals surface area contributed by atoms with Crippen LogP contribution in [0.5, 0.6) is 0 Å². The number of aryl methyl sites for hydroxylation is 1. The van der Waals surface area contributed by atoms with E-state index in [1.165, 1.54) is 12.1 Å². The lowest BCUT2D eigenvalue weighted by atomic mass is 9.96. The number of alkyl halides is 2. The van der Waals surface area contributed by atoms with Crippen molar-refractivity contribution in [1.29, 1.82) is 5.26 Å². The second-order valence-electron chi connectivity index (χ2n) is 8.87. The number of nitriles is 1. The molecule has 1 saturated heterocycles. The number of rotatable bonds is 5. The highest BCUT2D eigenvalue weighted by Gasteiger charge is 2.45. The van der Waals surface area contributed by atoms with Crippen molar-refractivity contribution in [2.24, 2.45) is 11.8 Å². The third-order valence-electron chi connectivity index (χ3n) is 6.79. The highest BCUT2D eigenvalue weighted by Crippen LogP contribution is 2.44. The van der Waals surface area contributed by atoms with Gasteiger partial charge in [0.15, 0.2) is 0 Å². The molecule has 0 spiro atoms. The third kappa shape index (κ3) is 3.73. The summed E-state index contributed by atoms with van der Waals surface area (Å²) in [6.07, 6.45) is 0.641. The summed E-state index contributed by atoms with van der Waals surface area (Å²) >= 11 is 0. The first kappa shape index (κ1) is 21.4. The Morgan fingerprint density at radius 2 is 2.00 bits per heavy atom. The molecular weight excluding hydrogens is 429 g/mol. The maximum Gasteiger partial charge on any atom is 0.266 e. The molecule has 1 saturated carbocycles. The number of anilines is 2. The molecule has 0 radical (unpaired) electrons. The number of nitrogens with one attached hydrogen (secondary N) is 1. The van der Waals surface area contributed by atoms with Gasteiger partial charge in [0.2, 0.25) is 0 Å². The number of hydrogen-bond donors (Lipinski definition) is 1. The zero-order chi connectivity index (χ0) is 23.3. The van der Waals surface area contributed by atoms with E-state index >= 15 is 0 Å². The number of hydrogen-bond acceptors (Lipinski definition) is 6. The van der Waals surface area contributed by atoms with Crippen molar-refractivity contribution in [3.63, 3.8) is 0 Å².